The molecular weight excluding hydrogens is 606 g/mol. The van der Waals surface area contributed by atoms with Gasteiger partial charge in [-0.1, -0.05) is 92.1 Å². The fourth-order valence-corrected chi connectivity index (χ4v) is 6.42. The van der Waals surface area contributed by atoms with Crippen LogP contribution in [0.15, 0.2) is 72.8 Å². The number of ketones is 1. The van der Waals surface area contributed by atoms with Gasteiger partial charge in [-0.05, 0) is 55.9 Å². The van der Waals surface area contributed by atoms with Gasteiger partial charge in [0.05, 0.1) is 12.6 Å². The van der Waals surface area contributed by atoms with Crippen LogP contribution in [0.3, 0.4) is 0 Å². The number of carbonyl (C=O) groups is 3. The van der Waals surface area contributed by atoms with E-state index >= 15 is 0 Å². The second-order valence-corrected chi connectivity index (χ2v) is 12.6. The number of hydrazine groups is 1. The molecule has 48 heavy (non-hydrogen) atoms. The third kappa shape index (κ3) is 11.1. The largest absolute Gasteiger partial charge is 0.351 e. The maximum absolute atomic E-state index is 14.0. The smallest absolute Gasteiger partial charge is 0.329 e. The van der Waals surface area contributed by atoms with Crippen molar-refractivity contribution < 1.29 is 23.9 Å². The topological polar surface area (TPSA) is 112 Å². The lowest BCUT2D eigenvalue weighted by Crippen LogP contribution is -2.55. The minimum atomic E-state index is -0.880. The third-order valence-corrected chi connectivity index (χ3v) is 8.96. The number of Topliss-reactive ketones (excluding diaryl/α,β-unsaturated/α-hetero) is 1. The molecule has 1 saturated carbocycles. The Labute approximate surface area is 285 Å². The summed E-state index contributed by atoms with van der Waals surface area (Å²) in [6.07, 6.45) is 5.37. The van der Waals surface area contributed by atoms with Gasteiger partial charge in [0, 0.05) is 45.5 Å². The first kappa shape index (κ1) is 37.0. The summed E-state index contributed by atoms with van der Waals surface area (Å²) < 4.78 is 12.0. The number of urea groups is 1. The zero-order valence-electron chi connectivity index (χ0n) is 29.0. The number of fused-ring (bicyclic) bond motifs is 1. The second kappa shape index (κ2) is 19.2. The van der Waals surface area contributed by atoms with E-state index in [4.69, 9.17) is 9.47 Å². The summed E-state index contributed by atoms with van der Waals surface area (Å²) in [5, 5.41) is 9.60. The van der Waals surface area contributed by atoms with E-state index in [1.807, 2.05) is 57.2 Å². The van der Waals surface area contributed by atoms with Crippen LogP contribution in [0.25, 0.3) is 10.8 Å². The minimum absolute atomic E-state index is 0.130. The maximum Gasteiger partial charge on any atom is 0.329 e. The van der Waals surface area contributed by atoms with Crippen LogP contribution >= 0.6 is 0 Å². The summed E-state index contributed by atoms with van der Waals surface area (Å²) in [5.41, 5.74) is 4.32. The van der Waals surface area contributed by atoms with E-state index in [2.05, 4.69) is 45.2 Å². The number of ether oxygens (including phenoxy) is 2. The molecule has 1 aliphatic carbocycles. The normalized spacial score (nSPS) is 15.1. The van der Waals surface area contributed by atoms with Gasteiger partial charge in [-0.2, -0.15) is 0 Å². The predicted molar refractivity (Wildman–Crippen MR) is 189 cm³/mol. The molecule has 0 unspecified atom stereocenters. The number of likely N-dealkylation sites (N-methyl/N-ethyl adjacent to an activating group) is 1. The molecule has 0 aliphatic heterocycles. The van der Waals surface area contributed by atoms with E-state index in [1.165, 1.54) is 24.3 Å². The Morgan fingerprint density at radius 2 is 1.54 bits per heavy atom. The average Bonchev–Trinajstić information content (AvgIpc) is 3.10. The molecule has 3 aromatic rings. The summed E-state index contributed by atoms with van der Waals surface area (Å²) in [7, 11) is 1.64. The van der Waals surface area contributed by atoms with Gasteiger partial charge in [0.2, 0.25) is 5.91 Å². The molecule has 0 bridgehead atoms. The lowest BCUT2D eigenvalue weighted by Gasteiger charge is -2.36. The van der Waals surface area contributed by atoms with Crippen molar-refractivity contribution in [2.75, 3.05) is 39.9 Å². The molecule has 0 saturated heterocycles. The Bertz CT molecular complexity index is 1440. The molecule has 1 aliphatic rings. The number of hydrogen-bond acceptors (Lipinski definition) is 7. The van der Waals surface area contributed by atoms with Crippen molar-refractivity contribution in [3.8, 4) is 0 Å². The number of hydrogen-bond donors (Lipinski definition) is 3. The highest BCUT2D eigenvalue weighted by atomic mass is 16.7. The summed E-state index contributed by atoms with van der Waals surface area (Å²) in [5.74, 6) is -0.0975. The first-order chi connectivity index (χ1) is 23.3. The molecule has 0 aromatic heterocycles. The molecule has 0 spiro atoms. The zero-order valence-corrected chi connectivity index (χ0v) is 29.0. The van der Waals surface area contributed by atoms with Crippen molar-refractivity contribution in [1.29, 1.82) is 0 Å². The molecule has 0 radical (unpaired) electrons. The van der Waals surface area contributed by atoms with Crippen LogP contribution in [-0.2, 0) is 20.8 Å². The highest BCUT2D eigenvalue weighted by molar-refractivity contribution is 6.02. The third-order valence-electron chi connectivity index (χ3n) is 8.96. The molecular formula is C38H53N5O5. The van der Waals surface area contributed by atoms with Crippen molar-refractivity contribution in [1.82, 2.24) is 26.0 Å². The first-order valence-corrected chi connectivity index (χ1v) is 17.4. The van der Waals surface area contributed by atoms with Crippen LogP contribution in [0, 0.1) is 5.92 Å². The van der Waals surface area contributed by atoms with Crippen LogP contribution in [0.4, 0.5) is 4.79 Å². The summed E-state index contributed by atoms with van der Waals surface area (Å²) in [6.45, 7) is 8.00. The molecule has 3 amide bonds. The van der Waals surface area contributed by atoms with Gasteiger partial charge in [0.25, 0.3) is 0 Å². The number of amides is 3. The van der Waals surface area contributed by atoms with Crippen molar-refractivity contribution in [2.45, 2.75) is 77.8 Å². The molecule has 3 aromatic carbocycles. The van der Waals surface area contributed by atoms with E-state index < -0.39 is 12.3 Å². The summed E-state index contributed by atoms with van der Waals surface area (Å²) in [4.78, 5) is 42.2. The van der Waals surface area contributed by atoms with Crippen LogP contribution in [-0.4, -0.2) is 85.9 Å². The van der Waals surface area contributed by atoms with Gasteiger partial charge in [-0.25, -0.2) is 9.80 Å². The Morgan fingerprint density at radius 1 is 0.875 bits per heavy atom. The monoisotopic (exact) mass is 659 g/mol. The van der Waals surface area contributed by atoms with Crippen LogP contribution < -0.4 is 16.1 Å². The average molecular weight is 660 g/mol. The van der Waals surface area contributed by atoms with Gasteiger partial charge < -0.3 is 20.1 Å². The van der Waals surface area contributed by atoms with E-state index in [0.717, 1.165) is 29.2 Å². The van der Waals surface area contributed by atoms with E-state index in [-0.39, 0.29) is 36.9 Å². The van der Waals surface area contributed by atoms with E-state index in [1.54, 1.807) is 19.2 Å². The molecule has 2 atom stereocenters. The SMILES string of the molecule is CCOC(OCC)[C@H](C)N(Cc1cccc2ccccc12)C[C@H](NC(=O)CN(C)NC(=O)NCC1CCCCC1)C(=O)c1ccccc1. The highest BCUT2D eigenvalue weighted by Crippen LogP contribution is 2.24. The molecule has 3 N–H and O–H groups in total. The molecule has 1 fully saturated rings. The number of nitrogens with zero attached hydrogens (tertiary/aromatic N) is 2. The number of nitrogens with one attached hydrogen (secondary N) is 3. The molecule has 10 nitrogen and oxygen atoms in total. The number of carbonyl (C=O) groups excluding carboxylic acids is 3. The van der Waals surface area contributed by atoms with Gasteiger partial charge in [-0.15, -0.1) is 0 Å². The van der Waals surface area contributed by atoms with Crippen LogP contribution in [0.2, 0.25) is 0 Å². The van der Waals surface area contributed by atoms with E-state index in [0.29, 0.717) is 37.8 Å². The quantitative estimate of drug-likeness (QED) is 0.0937. The van der Waals surface area contributed by atoms with Crippen molar-refractivity contribution in [3.63, 3.8) is 0 Å². The van der Waals surface area contributed by atoms with Crippen molar-refractivity contribution in [3.05, 3.63) is 83.9 Å². The predicted octanol–water partition coefficient (Wildman–Crippen LogP) is 5.52. The number of benzene rings is 3. The Morgan fingerprint density at radius 3 is 2.25 bits per heavy atom. The van der Waals surface area contributed by atoms with Crippen molar-refractivity contribution in [2.24, 2.45) is 5.92 Å². The lowest BCUT2D eigenvalue weighted by atomic mass is 9.89. The highest BCUT2D eigenvalue weighted by Gasteiger charge is 2.31. The Kier molecular flexibility index (Phi) is 14.8. The summed E-state index contributed by atoms with van der Waals surface area (Å²) in [6, 6.07) is 21.9. The standard InChI is InChI=1S/C38H53N5O5/c1-5-47-37(48-6-2)28(3)43(25-32-22-15-21-30-18-13-14-23-33(30)32)26-34(36(45)31-19-11-8-12-20-31)40-35(44)27-42(4)41-38(46)39-24-29-16-9-7-10-17-29/h8,11-15,18-23,28-29,34,37H,5-7,9-10,16-17,24-27H2,1-4H3,(H,40,44)(H2,39,41,46)/t28-,34-/m0/s1. The summed E-state index contributed by atoms with van der Waals surface area (Å²) >= 11 is 0. The molecule has 0 heterocycles. The van der Waals surface area contributed by atoms with Crippen LogP contribution in [0.1, 0.15) is 68.8 Å². The van der Waals surface area contributed by atoms with Gasteiger partial charge >= 0.3 is 6.03 Å². The van der Waals surface area contributed by atoms with E-state index in [9.17, 15) is 14.4 Å². The Balaban J connectivity index is 1.52. The first-order valence-electron chi connectivity index (χ1n) is 17.4. The van der Waals surface area contributed by atoms with Crippen LogP contribution in [0.5, 0.6) is 0 Å². The fraction of sp³-hybridized carbons (Fsp3) is 0.500. The zero-order chi connectivity index (χ0) is 34.3. The van der Waals surface area contributed by atoms with Crippen molar-refractivity contribution >= 4 is 28.5 Å². The van der Waals surface area contributed by atoms with Gasteiger partial charge in [-0.3, -0.25) is 19.9 Å². The van der Waals surface area contributed by atoms with Gasteiger partial charge in [0.15, 0.2) is 12.1 Å². The molecule has 260 valence electrons. The molecule has 4 rings (SSSR count). The molecule has 10 heteroatoms. The van der Waals surface area contributed by atoms with Gasteiger partial charge in [0.1, 0.15) is 6.04 Å². The lowest BCUT2D eigenvalue weighted by molar-refractivity contribution is -0.172. The fourth-order valence-electron chi connectivity index (χ4n) is 6.42. The number of rotatable bonds is 18. The maximum atomic E-state index is 14.0. The Hall–Kier alpha value is -3.83. The second-order valence-electron chi connectivity index (χ2n) is 12.6. The minimum Gasteiger partial charge on any atom is -0.351 e.